The van der Waals surface area contributed by atoms with Gasteiger partial charge in [0.15, 0.2) is 0 Å². The lowest BCUT2D eigenvalue weighted by Gasteiger charge is -2.33. The maximum absolute atomic E-state index is 12.2. The molecule has 2 rings (SSSR count). The van der Waals surface area contributed by atoms with Gasteiger partial charge in [-0.15, -0.1) is 0 Å². The number of carboxylic acid groups (broad SMARTS) is 1. The molecule has 5 nitrogen and oxygen atoms in total. The van der Waals surface area contributed by atoms with Gasteiger partial charge in [0.1, 0.15) is 0 Å². The summed E-state index contributed by atoms with van der Waals surface area (Å²) < 4.78 is 0. The maximum Gasteiger partial charge on any atom is 0.306 e. The predicted octanol–water partition coefficient (Wildman–Crippen LogP) is 2.14. The Labute approximate surface area is 135 Å². The second-order valence-electron chi connectivity index (χ2n) is 5.67. The summed E-state index contributed by atoms with van der Waals surface area (Å²) in [6.07, 6.45) is 1.20. The van der Waals surface area contributed by atoms with Crippen molar-refractivity contribution in [2.75, 3.05) is 13.1 Å². The minimum Gasteiger partial charge on any atom is -0.481 e. The van der Waals surface area contributed by atoms with Gasteiger partial charge in [-0.2, -0.15) is 0 Å². The van der Waals surface area contributed by atoms with Crippen LogP contribution >= 0.6 is 11.6 Å². The molecule has 2 N–H and O–H groups in total. The SMILES string of the molecule is CC(C(=O)NCc1ccc(Cl)cc1)N1CCC(C(=O)O)CC1. The van der Waals surface area contributed by atoms with Crippen LogP contribution in [0.3, 0.4) is 0 Å². The van der Waals surface area contributed by atoms with E-state index in [9.17, 15) is 9.59 Å². The molecule has 1 atom stereocenters. The van der Waals surface area contributed by atoms with Crippen LogP contribution in [-0.4, -0.2) is 41.0 Å². The molecule has 1 amide bonds. The predicted molar refractivity (Wildman–Crippen MR) is 84.7 cm³/mol. The number of hydrogen-bond donors (Lipinski definition) is 2. The van der Waals surface area contributed by atoms with Crippen LogP contribution in [0.25, 0.3) is 0 Å². The van der Waals surface area contributed by atoms with E-state index < -0.39 is 5.97 Å². The molecule has 22 heavy (non-hydrogen) atoms. The molecule has 0 aromatic heterocycles. The molecule has 1 aliphatic rings. The summed E-state index contributed by atoms with van der Waals surface area (Å²) in [6.45, 7) is 3.61. The van der Waals surface area contributed by atoms with Crippen LogP contribution in [-0.2, 0) is 16.1 Å². The number of rotatable bonds is 5. The third kappa shape index (κ3) is 4.45. The summed E-state index contributed by atoms with van der Waals surface area (Å²) in [5.74, 6) is -1.05. The standard InChI is InChI=1S/C16H21ClN2O3/c1-11(19-8-6-13(7-9-19)16(21)22)15(20)18-10-12-2-4-14(17)5-3-12/h2-5,11,13H,6-10H2,1H3,(H,18,20)(H,21,22). The van der Waals surface area contributed by atoms with E-state index in [0.29, 0.717) is 37.5 Å². The lowest BCUT2D eigenvalue weighted by atomic mass is 9.96. The first-order valence-electron chi connectivity index (χ1n) is 7.46. The van der Waals surface area contributed by atoms with E-state index in [2.05, 4.69) is 5.32 Å². The zero-order valence-corrected chi connectivity index (χ0v) is 13.3. The van der Waals surface area contributed by atoms with Crippen molar-refractivity contribution in [3.63, 3.8) is 0 Å². The molecule has 0 radical (unpaired) electrons. The van der Waals surface area contributed by atoms with Gasteiger partial charge in [-0.3, -0.25) is 14.5 Å². The number of halogens is 1. The lowest BCUT2D eigenvalue weighted by Crippen LogP contribution is -2.48. The molecule has 1 saturated heterocycles. The van der Waals surface area contributed by atoms with Crippen molar-refractivity contribution in [1.29, 1.82) is 0 Å². The highest BCUT2D eigenvalue weighted by molar-refractivity contribution is 6.30. The highest BCUT2D eigenvalue weighted by Crippen LogP contribution is 2.19. The quantitative estimate of drug-likeness (QED) is 0.870. The normalized spacial score (nSPS) is 17.9. The molecule has 0 saturated carbocycles. The summed E-state index contributed by atoms with van der Waals surface area (Å²) in [5.41, 5.74) is 0.995. The Morgan fingerprint density at radius 1 is 1.32 bits per heavy atom. The van der Waals surface area contributed by atoms with Crippen LogP contribution in [0.2, 0.25) is 5.02 Å². The zero-order chi connectivity index (χ0) is 16.1. The van der Waals surface area contributed by atoms with Gasteiger partial charge in [-0.05, 0) is 50.6 Å². The average Bonchev–Trinajstić information content (AvgIpc) is 2.53. The van der Waals surface area contributed by atoms with E-state index in [4.69, 9.17) is 16.7 Å². The fourth-order valence-electron chi connectivity index (χ4n) is 2.64. The number of aliphatic carboxylic acids is 1. The monoisotopic (exact) mass is 324 g/mol. The Morgan fingerprint density at radius 2 is 1.91 bits per heavy atom. The van der Waals surface area contributed by atoms with Crippen LogP contribution in [0.15, 0.2) is 24.3 Å². The second-order valence-corrected chi connectivity index (χ2v) is 6.11. The van der Waals surface area contributed by atoms with Gasteiger partial charge in [-0.25, -0.2) is 0 Å². The summed E-state index contributed by atoms with van der Waals surface area (Å²) >= 11 is 5.82. The van der Waals surface area contributed by atoms with E-state index in [1.807, 2.05) is 24.0 Å². The van der Waals surface area contributed by atoms with Gasteiger partial charge >= 0.3 is 5.97 Å². The average molecular weight is 325 g/mol. The number of carbonyl (C=O) groups is 2. The van der Waals surface area contributed by atoms with Crippen LogP contribution in [0.4, 0.5) is 0 Å². The van der Waals surface area contributed by atoms with Crippen LogP contribution in [0.5, 0.6) is 0 Å². The molecule has 1 unspecified atom stereocenters. The summed E-state index contributed by atoms with van der Waals surface area (Å²) in [4.78, 5) is 25.2. The van der Waals surface area contributed by atoms with Crippen molar-refractivity contribution < 1.29 is 14.7 Å². The number of likely N-dealkylation sites (tertiary alicyclic amines) is 1. The number of amides is 1. The minimum absolute atomic E-state index is 0.0382. The van der Waals surface area contributed by atoms with E-state index in [1.165, 1.54) is 0 Å². The number of benzene rings is 1. The summed E-state index contributed by atoms with van der Waals surface area (Å²) in [7, 11) is 0. The largest absolute Gasteiger partial charge is 0.481 e. The van der Waals surface area contributed by atoms with E-state index in [-0.39, 0.29) is 17.9 Å². The number of piperidine rings is 1. The van der Waals surface area contributed by atoms with Crippen molar-refractivity contribution in [1.82, 2.24) is 10.2 Å². The van der Waals surface area contributed by atoms with Crippen LogP contribution < -0.4 is 5.32 Å². The van der Waals surface area contributed by atoms with E-state index in [0.717, 1.165) is 5.56 Å². The number of nitrogens with zero attached hydrogens (tertiary/aromatic N) is 1. The number of nitrogens with one attached hydrogen (secondary N) is 1. The molecule has 0 spiro atoms. The molecule has 1 aliphatic heterocycles. The third-order valence-electron chi connectivity index (χ3n) is 4.19. The molecule has 1 fully saturated rings. The smallest absolute Gasteiger partial charge is 0.306 e. The number of carbonyl (C=O) groups excluding carboxylic acids is 1. The van der Waals surface area contributed by atoms with Gasteiger partial charge in [0.2, 0.25) is 5.91 Å². The lowest BCUT2D eigenvalue weighted by molar-refractivity contribution is -0.143. The van der Waals surface area contributed by atoms with Gasteiger partial charge in [0, 0.05) is 11.6 Å². The number of hydrogen-bond acceptors (Lipinski definition) is 3. The molecule has 6 heteroatoms. The molecule has 0 aliphatic carbocycles. The van der Waals surface area contributed by atoms with Crippen molar-refractivity contribution in [3.8, 4) is 0 Å². The number of carboxylic acids is 1. The fourth-order valence-corrected chi connectivity index (χ4v) is 2.76. The zero-order valence-electron chi connectivity index (χ0n) is 12.6. The van der Waals surface area contributed by atoms with Gasteiger partial charge in [0.05, 0.1) is 12.0 Å². The first-order valence-corrected chi connectivity index (χ1v) is 7.84. The Kier molecular flexibility index (Phi) is 5.80. The van der Waals surface area contributed by atoms with E-state index >= 15 is 0 Å². The molecular weight excluding hydrogens is 304 g/mol. The van der Waals surface area contributed by atoms with Crippen molar-refractivity contribution in [2.45, 2.75) is 32.4 Å². The van der Waals surface area contributed by atoms with Gasteiger partial charge < -0.3 is 10.4 Å². The fraction of sp³-hybridized carbons (Fsp3) is 0.500. The molecule has 1 aromatic carbocycles. The van der Waals surface area contributed by atoms with E-state index in [1.54, 1.807) is 12.1 Å². The Bertz CT molecular complexity index is 525. The molecule has 1 heterocycles. The maximum atomic E-state index is 12.2. The first-order chi connectivity index (χ1) is 10.5. The third-order valence-corrected chi connectivity index (χ3v) is 4.44. The Balaban J connectivity index is 1.80. The Morgan fingerprint density at radius 3 is 2.45 bits per heavy atom. The van der Waals surface area contributed by atoms with Crippen molar-refractivity contribution in [3.05, 3.63) is 34.9 Å². The first kappa shape index (κ1) is 16.8. The Hall–Kier alpha value is -1.59. The highest BCUT2D eigenvalue weighted by atomic mass is 35.5. The van der Waals surface area contributed by atoms with Crippen LogP contribution in [0.1, 0.15) is 25.3 Å². The topological polar surface area (TPSA) is 69.6 Å². The summed E-state index contributed by atoms with van der Waals surface area (Å²) in [6, 6.07) is 7.10. The molecule has 1 aromatic rings. The molecular formula is C16H21ClN2O3. The highest BCUT2D eigenvalue weighted by Gasteiger charge is 2.29. The summed E-state index contributed by atoms with van der Waals surface area (Å²) in [5, 5.41) is 12.6. The van der Waals surface area contributed by atoms with Crippen molar-refractivity contribution in [2.24, 2.45) is 5.92 Å². The van der Waals surface area contributed by atoms with Crippen LogP contribution in [0, 0.1) is 5.92 Å². The van der Waals surface area contributed by atoms with Crippen molar-refractivity contribution >= 4 is 23.5 Å². The van der Waals surface area contributed by atoms with Gasteiger partial charge in [-0.1, -0.05) is 23.7 Å². The second kappa shape index (κ2) is 7.61. The molecule has 120 valence electrons. The molecule has 0 bridgehead atoms. The minimum atomic E-state index is -0.737. The van der Waals surface area contributed by atoms with Gasteiger partial charge in [0.25, 0.3) is 0 Å².